The van der Waals surface area contributed by atoms with Crippen LogP contribution in [0.5, 0.6) is 0 Å². The molecule has 2 aromatic carbocycles. The summed E-state index contributed by atoms with van der Waals surface area (Å²) in [6.45, 7) is 0. The van der Waals surface area contributed by atoms with Crippen LogP contribution in [0.15, 0.2) is 57.5 Å². The molecular formula is C14H10Br2O2. The van der Waals surface area contributed by atoms with Crippen LogP contribution >= 0.6 is 31.9 Å². The molecule has 0 aliphatic carbocycles. The van der Waals surface area contributed by atoms with Crippen molar-refractivity contribution in [2.24, 2.45) is 0 Å². The summed E-state index contributed by atoms with van der Waals surface area (Å²) in [5, 5.41) is 9.40. The van der Waals surface area contributed by atoms with Crippen LogP contribution in [0.4, 0.5) is 0 Å². The Labute approximate surface area is 122 Å². The van der Waals surface area contributed by atoms with E-state index in [4.69, 9.17) is 0 Å². The minimum atomic E-state index is -0.848. The van der Waals surface area contributed by atoms with E-state index in [0.717, 1.165) is 20.1 Å². The molecule has 0 aliphatic heterocycles. The maximum atomic E-state index is 11.4. The minimum absolute atomic E-state index is 0.633. The monoisotopic (exact) mass is 368 g/mol. The lowest BCUT2D eigenvalue weighted by Crippen LogP contribution is -2.12. The van der Waals surface area contributed by atoms with Crippen LogP contribution in [0.2, 0.25) is 0 Å². The number of hydrogen-bond acceptors (Lipinski definition) is 1. The van der Waals surface area contributed by atoms with Crippen molar-refractivity contribution in [3.8, 4) is 0 Å². The fourth-order valence-electron chi connectivity index (χ4n) is 1.79. The standard InChI is InChI=1S/C14H10Br2O2/c15-11-5-1-9(2-6-11)13(14(17)18)10-3-7-12(16)8-4-10/h1-8,13H,(H,17,18). The normalized spacial score (nSPS) is 10.6. The highest BCUT2D eigenvalue weighted by Crippen LogP contribution is 2.27. The van der Waals surface area contributed by atoms with Crippen molar-refractivity contribution in [2.75, 3.05) is 0 Å². The quantitative estimate of drug-likeness (QED) is 0.868. The molecule has 0 saturated carbocycles. The summed E-state index contributed by atoms with van der Waals surface area (Å²) >= 11 is 6.69. The van der Waals surface area contributed by atoms with Gasteiger partial charge in [0.1, 0.15) is 5.92 Å². The van der Waals surface area contributed by atoms with Gasteiger partial charge in [-0.05, 0) is 35.4 Å². The molecule has 0 heterocycles. The summed E-state index contributed by atoms with van der Waals surface area (Å²) in [6, 6.07) is 14.7. The van der Waals surface area contributed by atoms with Gasteiger partial charge in [0, 0.05) is 8.95 Å². The molecule has 0 aromatic heterocycles. The maximum absolute atomic E-state index is 11.4. The van der Waals surface area contributed by atoms with Gasteiger partial charge in [0.2, 0.25) is 0 Å². The number of halogens is 2. The first kappa shape index (κ1) is 13.3. The van der Waals surface area contributed by atoms with Gasteiger partial charge in [-0.2, -0.15) is 0 Å². The van der Waals surface area contributed by atoms with Gasteiger partial charge in [0.25, 0.3) is 0 Å². The average Bonchev–Trinajstić information content (AvgIpc) is 2.34. The Morgan fingerprint density at radius 1 is 0.833 bits per heavy atom. The highest BCUT2D eigenvalue weighted by atomic mass is 79.9. The second-order valence-electron chi connectivity index (χ2n) is 3.87. The van der Waals surface area contributed by atoms with E-state index in [1.54, 1.807) is 0 Å². The lowest BCUT2D eigenvalue weighted by molar-refractivity contribution is -0.137. The number of benzene rings is 2. The maximum Gasteiger partial charge on any atom is 0.315 e. The zero-order valence-corrected chi connectivity index (χ0v) is 12.5. The van der Waals surface area contributed by atoms with Crippen LogP contribution < -0.4 is 0 Å². The number of rotatable bonds is 3. The van der Waals surface area contributed by atoms with Gasteiger partial charge in [0.15, 0.2) is 0 Å². The van der Waals surface area contributed by atoms with Crippen molar-refractivity contribution in [3.63, 3.8) is 0 Å². The highest BCUT2D eigenvalue weighted by Gasteiger charge is 2.21. The number of aliphatic carboxylic acids is 1. The molecular weight excluding hydrogens is 360 g/mol. The van der Waals surface area contributed by atoms with Gasteiger partial charge in [-0.3, -0.25) is 4.79 Å². The minimum Gasteiger partial charge on any atom is -0.481 e. The van der Waals surface area contributed by atoms with Crippen LogP contribution in [0.1, 0.15) is 17.0 Å². The van der Waals surface area contributed by atoms with E-state index >= 15 is 0 Å². The molecule has 0 amide bonds. The van der Waals surface area contributed by atoms with E-state index in [2.05, 4.69) is 31.9 Å². The van der Waals surface area contributed by atoms with E-state index in [-0.39, 0.29) is 0 Å². The third kappa shape index (κ3) is 3.00. The van der Waals surface area contributed by atoms with Gasteiger partial charge in [0.05, 0.1) is 0 Å². The zero-order chi connectivity index (χ0) is 13.1. The number of hydrogen-bond donors (Lipinski definition) is 1. The third-order valence-electron chi connectivity index (χ3n) is 2.65. The summed E-state index contributed by atoms with van der Waals surface area (Å²) in [4.78, 5) is 11.4. The third-order valence-corrected chi connectivity index (χ3v) is 3.71. The van der Waals surface area contributed by atoms with Gasteiger partial charge in [-0.15, -0.1) is 0 Å². The predicted octanol–water partition coefficient (Wildman–Crippen LogP) is 4.43. The largest absolute Gasteiger partial charge is 0.481 e. The predicted molar refractivity (Wildman–Crippen MR) is 77.8 cm³/mol. The molecule has 0 saturated heterocycles. The van der Waals surface area contributed by atoms with Crippen LogP contribution in [-0.2, 0) is 4.79 Å². The topological polar surface area (TPSA) is 37.3 Å². The second-order valence-corrected chi connectivity index (χ2v) is 5.71. The number of carbonyl (C=O) groups is 1. The van der Waals surface area contributed by atoms with Crippen molar-refractivity contribution in [2.45, 2.75) is 5.92 Å². The molecule has 92 valence electrons. The molecule has 0 spiro atoms. The summed E-state index contributed by atoms with van der Waals surface area (Å²) in [5.41, 5.74) is 1.54. The molecule has 2 rings (SSSR count). The average molecular weight is 370 g/mol. The number of carboxylic acids is 1. The molecule has 0 aliphatic rings. The first-order valence-electron chi connectivity index (χ1n) is 5.31. The van der Waals surface area contributed by atoms with Gasteiger partial charge in [-0.1, -0.05) is 56.1 Å². The lowest BCUT2D eigenvalue weighted by Gasteiger charge is -2.13. The molecule has 0 unspecified atom stereocenters. The van der Waals surface area contributed by atoms with E-state index in [0.29, 0.717) is 0 Å². The smallest absolute Gasteiger partial charge is 0.315 e. The first-order chi connectivity index (χ1) is 8.58. The molecule has 2 nitrogen and oxygen atoms in total. The molecule has 18 heavy (non-hydrogen) atoms. The summed E-state index contributed by atoms with van der Waals surface area (Å²) in [7, 11) is 0. The molecule has 4 heteroatoms. The van der Waals surface area contributed by atoms with Crippen molar-refractivity contribution in [1.29, 1.82) is 0 Å². The van der Waals surface area contributed by atoms with E-state index < -0.39 is 11.9 Å². The van der Waals surface area contributed by atoms with Gasteiger partial charge < -0.3 is 5.11 Å². The van der Waals surface area contributed by atoms with E-state index in [1.165, 1.54) is 0 Å². The Hall–Kier alpha value is -1.13. The van der Waals surface area contributed by atoms with Crippen LogP contribution in [0.3, 0.4) is 0 Å². The highest BCUT2D eigenvalue weighted by molar-refractivity contribution is 9.10. The van der Waals surface area contributed by atoms with Crippen LogP contribution in [-0.4, -0.2) is 11.1 Å². The van der Waals surface area contributed by atoms with Gasteiger partial charge >= 0.3 is 5.97 Å². The fraction of sp³-hybridized carbons (Fsp3) is 0.0714. The fourth-order valence-corrected chi connectivity index (χ4v) is 2.32. The summed E-state index contributed by atoms with van der Waals surface area (Å²) < 4.78 is 1.87. The molecule has 0 radical (unpaired) electrons. The number of carboxylic acid groups (broad SMARTS) is 1. The van der Waals surface area contributed by atoms with Crippen molar-refractivity contribution in [3.05, 3.63) is 68.6 Å². The Morgan fingerprint density at radius 2 is 1.17 bits per heavy atom. The Morgan fingerprint density at radius 3 is 1.44 bits per heavy atom. The molecule has 0 fully saturated rings. The van der Waals surface area contributed by atoms with Gasteiger partial charge in [-0.25, -0.2) is 0 Å². The molecule has 0 atom stereocenters. The zero-order valence-electron chi connectivity index (χ0n) is 9.31. The molecule has 1 N–H and O–H groups in total. The van der Waals surface area contributed by atoms with E-state index in [1.807, 2.05) is 48.5 Å². The van der Waals surface area contributed by atoms with E-state index in [9.17, 15) is 9.90 Å². The van der Waals surface area contributed by atoms with Crippen molar-refractivity contribution in [1.82, 2.24) is 0 Å². The van der Waals surface area contributed by atoms with Crippen LogP contribution in [0, 0.1) is 0 Å². The second kappa shape index (κ2) is 5.67. The van der Waals surface area contributed by atoms with Crippen molar-refractivity contribution >= 4 is 37.8 Å². The Kier molecular flexibility index (Phi) is 4.19. The molecule has 2 aromatic rings. The molecule has 0 bridgehead atoms. The lowest BCUT2D eigenvalue weighted by atomic mass is 9.91. The van der Waals surface area contributed by atoms with Crippen molar-refractivity contribution < 1.29 is 9.90 Å². The van der Waals surface area contributed by atoms with Crippen LogP contribution in [0.25, 0.3) is 0 Å². The Balaban J connectivity index is 2.43. The summed E-state index contributed by atoms with van der Waals surface area (Å²) in [5.74, 6) is -1.48. The SMILES string of the molecule is O=C(O)C(c1ccc(Br)cc1)c1ccc(Br)cc1. The Bertz CT molecular complexity index is 502. The first-order valence-corrected chi connectivity index (χ1v) is 6.90. The summed E-state index contributed by atoms with van der Waals surface area (Å²) in [6.07, 6.45) is 0.